The predicted molar refractivity (Wildman–Crippen MR) is 194 cm³/mol. The molecular formula is C36H47N5O9S. The highest BCUT2D eigenvalue weighted by Gasteiger charge is 2.36. The molecule has 3 heterocycles. The fourth-order valence-corrected chi connectivity index (χ4v) is 6.30. The summed E-state index contributed by atoms with van der Waals surface area (Å²) in [6.45, 7) is 6.11. The molecule has 15 heteroatoms. The largest absolute Gasteiger partial charge is 0.495 e. The normalized spacial score (nSPS) is 15.9. The van der Waals surface area contributed by atoms with E-state index in [2.05, 4.69) is 14.6 Å². The van der Waals surface area contributed by atoms with Gasteiger partial charge in [0.2, 0.25) is 0 Å². The fraction of sp³-hybridized carbons (Fsp3) is 0.500. The average molecular weight is 726 g/mol. The summed E-state index contributed by atoms with van der Waals surface area (Å²) in [7, 11) is 7.80. The molecule has 1 saturated carbocycles. The molecule has 1 unspecified atom stereocenters. The Hall–Kier alpha value is -4.31. The van der Waals surface area contributed by atoms with Gasteiger partial charge in [0, 0.05) is 57.2 Å². The van der Waals surface area contributed by atoms with Crippen LogP contribution in [0.1, 0.15) is 81.1 Å². The van der Waals surface area contributed by atoms with E-state index in [1.165, 1.54) is 38.2 Å². The number of anilines is 3. The number of nitrogens with zero attached hydrogens (tertiary/aromatic N) is 4. The summed E-state index contributed by atoms with van der Waals surface area (Å²) in [4.78, 5) is 28.4. The van der Waals surface area contributed by atoms with Crippen molar-refractivity contribution in [2.24, 2.45) is 0 Å². The van der Waals surface area contributed by atoms with Crippen molar-refractivity contribution in [2.75, 3.05) is 58.4 Å². The number of aromatic nitrogens is 3. The second-order valence-electron chi connectivity index (χ2n) is 13.2. The van der Waals surface area contributed by atoms with Gasteiger partial charge in [0.05, 0.1) is 30.2 Å². The van der Waals surface area contributed by atoms with E-state index >= 15 is 0 Å². The van der Waals surface area contributed by atoms with Crippen LogP contribution in [-0.4, -0.2) is 81.2 Å². The van der Waals surface area contributed by atoms with E-state index in [4.69, 9.17) is 33.3 Å². The van der Waals surface area contributed by atoms with E-state index in [0.29, 0.717) is 57.9 Å². The second-order valence-corrected chi connectivity index (χ2v) is 14.0. The number of carbonyl (C=O) groups excluding carboxylic acids is 2. The number of benzene rings is 2. The Bertz CT molecular complexity index is 1810. The van der Waals surface area contributed by atoms with E-state index < -0.39 is 11.7 Å². The third-order valence-electron chi connectivity index (χ3n) is 8.01. The Morgan fingerprint density at radius 2 is 1.75 bits per heavy atom. The first kappa shape index (κ1) is 37.9. The maximum Gasteiger partial charge on any atom is 0.420 e. The molecule has 2 fully saturated rings. The zero-order valence-electron chi connectivity index (χ0n) is 30.4. The first-order chi connectivity index (χ1) is 24.5. The number of ether oxygens (including phenoxy) is 6. The predicted octanol–water partition coefficient (Wildman–Crippen LogP) is 7.90. The van der Waals surface area contributed by atoms with Gasteiger partial charge in [-0.2, -0.15) is 5.10 Å². The summed E-state index contributed by atoms with van der Waals surface area (Å²) < 4.78 is 43.5. The monoisotopic (exact) mass is 725 g/mol. The minimum atomic E-state index is -0.766. The lowest BCUT2D eigenvalue weighted by Gasteiger charge is -2.27. The summed E-state index contributed by atoms with van der Waals surface area (Å²) in [6.07, 6.45) is 4.26. The van der Waals surface area contributed by atoms with Crippen LogP contribution in [0.4, 0.5) is 22.1 Å². The third-order valence-corrected chi connectivity index (χ3v) is 8.86. The average Bonchev–Trinajstić information content (AvgIpc) is 3.74. The number of nitrogens with one attached hydrogen (secondary N) is 1. The van der Waals surface area contributed by atoms with Crippen LogP contribution in [0, 0.1) is 0 Å². The van der Waals surface area contributed by atoms with Gasteiger partial charge in [0.1, 0.15) is 23.7 Å². The molecule has 2 aromatic heterocycles. The van der Waals surface area contributed by atoms with Gasteiger partial charge in [-0.25, -0.2) is 14.4 Å². The smallest absolute Gasteiger partial charge is 0.420 e. The standard InChI is InChI=1S/C34H41N5O8S.C2H6O/c1-34(2,3)46-33(41)38(30-18-23(20-10-11-20)39(35-30)31-9-7-8-14-45-31)24-17-26-22(16-27(24)43-5)32(36-47-26)37-48-29-13-12-21(15-28(29)44-6)25(40)19-42-4;1-3-2/h12-13,15-18,20,31H,7-11,14,19H2,1-6H3,(H,36,37);1-2H3. The molecule has 0 bridgehead atoms. The molecule has 0 radical (unpaired) electrons. The number of amides is 1. The molecule has 51 heavy (non-hydrogen) atoms. The van der Waals surface area contributed by atoms with Gasteiger partial charge in [0.25, 0.3) is 0 Å². The molecule has 1 atom stereocenters. The Morgan fingerprint density at radius 1 is 1.00 bits per heavy atom. The molecule has 6 rings (SSSR count). The van der Waals surface area contributed by atoms with E-state index in [9.17, 15) is 9.59 Å². The van der Waals surface area contributed by atoms with Crippen LogP contribution in [0.2, 0.25) is 0 Å². The lowest BCUT2D eigenvalue weighted by molar-refractivity contribution is -0.0410. The minimum Gasteiger partial charge on any atom is -0.495 e. The molecule has 1 N–H and O–H groups in total. The molecule has 4 aromatic rings. The zero-order valence-corrected chi connectivity index (χ0v) is 31.3. The molecule has 14 nitrogen and oxygen atoms in total. The van der Waals surface area contributed by atoms with Crippen molar-refractivity contribution in [1.29, 1.82) is 0 Å². The topological polar surface area (TPSA) is 149 Å². The van der Waals surface area contributed by atoms with Crippen molar-refractivity contribution in [3.8, 4) is 11.5 Å². The van der Waals surface area contributed by atoms with Crippen molar-refractivity contribution in [2.45, 2.75) is 75.5 Å². The number of ketones is 1. The van der Waals surface area contributed by atoms with Crippen LogP contribution in [0.3, 0.4) is 0 Å². The first-order valence-corrected chi connectivity index (χ1v) is 17.6. The summed E-state index contributed by atoms with van der Waals surface area (Å²) in [5.74, 6) is 1.95. The van der Waals surface area contributed by atoms with Crippen molar-refractivity contribution < 1.29 is 42.5 Å². The Kier molecular flexibility index (Phi) is 12.5. The van der Waals surface area contributed by atoms with Gasteiger partial charge in [-0.15, -0.1) is 0 Å². The summed E-state index contributed by atoms with van der Waals surface area (Å²) >= 11 is 1.25. The molecule has 2 aliphatic rings. The Morgan fingerprint density at radius 3 is 2.37 bits per heavy atom. The number of fused-ring (bicyclic) bond motifs is 1. The van der Waals surface area contributed by atoms with Crippen LogP contribution in [0.25, 0.3) is 11.0 Å². The maximum atomic E-state index is 13.9. The van der Waals surface area contributed by atoms with Crippen molar-refractivity contribution in [3.63, 3.8) is 0 Å². The highest BCUT2D eigenvalue weighted by molar-refractivity contribution is 8.00. The van der Waals surface area contributed by atoms with Crippen molar-refractivity contribution in [3.05, 3.63) is 47.7 Å². The summed E-state index contributed by atoms with van der Waals surface area (Å²) in [5.41, 5.74) is 1.56. The van der Waals surface area contributed by atoms with Gasteiger partial charge in [-0.3, -0.25) is 4.79 Å². The first-order valence-electron chi connectivity index (χ1n) is 16.8. The molecule has 1 aliphatic heterocycles. The van der Waals surface area contributed by atoms with Crippen LogP contribution in [-0.2, 0) is 18.9 Å². The van der Waals surface area contributed by atoms with Gasteiger partial charge >= 0.3 is 6.09 Å². The molecule has 2 aromatic carbocycles. The number of carbonyl (C=O) groups is 2. The summed E-state index contributed by atoms with van der Waals surface area (Å²) in [6, 6.07) is 10.6. The van der Waals surface area contributed by atoms with Crippen LogP contribution in [0.5, 0.6) is 11.5 Å². The van der Waals surface area contributed by atoms with Crippen LogP contribution < -0.4 is 19.1 Å². The molecule has 1 saturated heterocycles. The zero-order chi connectivity index (χ0) is 36.7. The maximum absolute atomic E-state index is 13.9. The van der Waals surface area contributed by atoms with Gasteiger partial charge < -0.3 is 37.7 Å². The van der Waals surface area contributed by atoms with Crippen LogP contribution in [0.15, 0.2) is 45.8 Å². The second kappa shape index (κ2) is 16.8. The van der Waals surface area contributed by atoms with E-state index in [1.54, 1.807) is 44.6 Å². The lowest BCUT2D eigenvalue weighted by Crippen LogP contribution is -2.34. The molecule has 0 spiro atoms. The number of Topliss-reactive ketones (excluding diaryl/α,β-unsaturated/α-hetero) is 1. The lowest BCUT2D eigenvalue weighted by atomic mass is 10.1. The minimum absolute atomic E-state index is 0.0213. The summed E-state index contributed by atoms with van der Waals surface area (Å²) in [5, 5.41) is 9.83. The molecule has 1 aliphatic carbocycles. The quantitative estimate of drug-likeness (QED) is 0.112. The van der Waals surface area contributed by atoms with Gasteiger partial charge in [0.15, 0.2) is 29.2 Å². The van der Waals surface area contributed by atoms with Crippen molar-refractivity contribution in [1.82, 2.24) is 14.9 Å². The fourth-order valence-electron chi connectivity index (χ4n) is 5.57. The van der Waals surface area contributed by atoms with Gasteiger partial charge in [-0.05, 0) is 89.1 Å². The Balaban J connectivity index is 0.00000162. The third kappa shape index (κ3) is 9.14. The highest BCUT2D eigenvalue weighted by atomic mass is 32.2. The van der Waals surface area contributed by atoms with Crippen molar-refractivity contribution >= 4 is 52.1 Å². The molecule has 276 valence electrons. The SMILES string of the molecule is COC.COCC(=O)c1ccc(SNc2noc3cc(N(C(=O)OC(C)(C)C)c4cc(C5CC5)n(C5CCCCO5)n4)c(OC)cc23)c(OC)c1. The number of hydrogen-bond donors (Lipinski definition) is 1. The van der Waals surface area contributed by atoms with Gasteiger partial charge in [-0.1, -0.05) is 5.16 Å². The van der Waals surface area contributed by atoms with Crippen LogP contribution >= 0.6 is 11.9 Å². The number of rotatable bonds is 12. The number of hydrogen-bond acceptors (Lipinski definition) is 13. The van der Waals surface area contributed by atoms with E-state index in [-0.39, 0.29) is 18.6 Å². The number of methoxy groups -OCH3 is 4. The Labute approximate surface area is 302 Å². The van der Waals surface area contributed by atoms with E-state index in [0.717, 1.165) is 42.7 Å². The molecule has 1 amide bonds. The molecular weight excluding hydrogens is 678 g/mol. The van der Waals surface area contributed by atoms with E-state index in [1.807, 2.05) is 31.5 Å². The highest BCUT2D eigenvalue weighted by Crippen LogP contribution is 2.46.